The highest BCUT2D eigenvalue weighted by atomic mass is 32.2. The van der Waals surface area contributed by atoms with E-state index in [0.29, 0.717) is 12.2 Å². The molecule has 116 valence electrons. The first kappa shape index (κ1) is 17.4. The summed E-state index contributed by atoms with van der Waals surface area (Å²) in [7, 11) is -1.40. The Morgan fingerprint density at radius 2 is 2.05 bits per heavy atom. The summed E-state index contributed by atoms with van der Waals surface area (Å²) in [4.78, 5) is 22.3. The third kappa shape index (κ3) is 7.04. The number of benzene rings is 1. The number of carbonyl (C=O) groups is 2. The fraction of sp³-hybridized carbons (Fsp3) is 0.467. The lowest BCUT2D eigenvalue weighted by Gasteiger charge is -2.05. The molecule has 0 bridgehead atoms. The molecular weight excluding hydrogens is 292 g/mol. The van der Waals surface area contributed by atoms with Crippen molar-refractivity contribution in [3.63, 3.8) is 0 Å². The molecule has 1 unspecified atom stereocenters. The summed E-state index contributed by atoms with van der Waals surface area (Å²) in [5, 5.41) is 8.88. The topological polar surface area (TPSA) is 80.7 Å². The van der Waals surface area contributed by atoms with Gasteiger partial charge in [-0.05, 0) is 24.1 Å². The van der Waals surface area contributed by atoms with E-state index in [1.165, 1.54) is 12.1 Å². The van der Waals surface area contributed by atoms with E-state index in [4.69, 9.17) is 9.84 Å². The molecule has 1 aromatic carbocycles. The van der Waals surface area contributed by atoms with E-state index >= 15 is 0 Å². The number of ether oxygens (including phenoxy) is 1. The fourth-order valence-corrected chi connectivity index (χ4v) is 2.74. The Balaban J connectivity index is 2.41. The first-order valence-electron chi connectivity index (χ1n) is 6.85. The van der Waals surface area contributed by atoms with E-state index in [0.717, 1.165) is 19.3 Å². The molecule has 0 aromatic heterocycles. The molecule has 0 amide bonds. The lowest BCUT2D eigenvalue weighted by atomic mass is 10.1. The number of aromatic carboxylic acids is 1. The van der Waals surface area contributed by atoms with Gasteiger partial charge in [0.25, 0.3) is 0 Å². The zero-order chi connectivity index (χ0) is 15.7. The minimum Gasteiger partial charge on any atom is -0.478 e. The average molecular weight is 312 g/mol. The zero-order valence-electron chi connectivity index (χ0n) is 12.0. The maximum absolute atomic E-state index is 11.9. The van der Waals surface area contributed by atoms with E-state index in [9.17, 15) is 13.8 Å². The van der Waals surface area contributed by atoms with Gasteiger partial charge in [0.15, 0.2) is 0 Å². The lowest BCUT2D eigenvalue weighted by molar-refractivity contribution is -0.140. The quantitative estimate of drug-likeness (QED) is 0.559. The Labute approximate surface area is 126 Å². The van der Waals surface area contributed by atoms with Crippen molar-refractivity contribution in [2.24, 2.45) is 0 Å². The molecule has 1 aromatic rings. The first-order valence-corrected chi connectivity index (χ1v) is 8.34. The number of esters is 1. The van der Waals surface area contributed by atoms with Crippen LogP contribution in [-0.2, 0) is 26.1 Å². The van der Waals surface area contributed by atoms with Crippen LogP contribution in [0.5, 0.6) is 0 Å². The molecule has 1 rings (SSSR count). The number of unbranched alkanes of at least 4 members (excludes halogenated alkanes) is 2. The SMILES string of the molecule is CCCCCOC(=O)CS(=O)Cc1cccc(C(=O)O)c1. The van der Waals surface area contributed by atoms with Gasteiger partial charge in [-0.25, -0.2) is 4.79 Å². The number of carbonyl (C=O) groups excluding carboxylic acids is 1. The Kier molecular flexibility index (Phi) is 7.68. The second-order valence-electron chi connectivity index (χ2n) is 4.66. The molecule has 0 spiro atoms. The number of rotatable bonds is 9. The molecule has 0 aliphatic rings. The predicted molar refractivity (Wildman–Crippen MR) is 80.6 cm³/mol. The van der Waals surface area contributed by atoms with Crippen molar-refractivity contribution < 1.29 is 23.6 Å². The number of carboxylic acids is 1. The minimum absolute atomic E-state index is 0.144. The van der Waals surface area contributed by atoms with Crippen molar-refractivity contribution in [3.8, 4) is 0 Å². The molecule has 0 radical (unpaired) electrons. The Morgan fingerprint density at radius 3 is 2.71 bits per heavy atom. The van der Waals surface area contributed by atoms with Gasteiger partial charge in [0, 0.05) is 16.6 Å². The van der Waals surface area contributed by atoms with Crippen molar-refractivity contribution in [1.82, 2.24) is 0 Å². The van der Waals surface area contributed by atoms with Gasteiger partial charge < -0.3 is 9.84 Å². The summed E-state index contributed by atoms with van der Waals surface area (Å²) in [6.07, 6.45) is 2.86. The van der Waals surface area contributed by atoms with Gasteiger partial charge in [-0.15, -0.1) is 0 Å². The van der Waals surface area contributed by atoms with Crippen LogP contribution < -0.4 is 0 Å². The average Bonchev–Trinajstić information content (AvgIpc) is 2.43. The molecule has 0 saturated carbocycles. The highest BCUT2D eigenvalue weighted by molar-refractivity contribution is 7.84. The van der Waals surface area contributed by atoms with Crippen LogP contribution in [0.25, 0.3) is 0 Å². The van der Waals surface area contributed by atoms with Gasteiger partial charge in [-0.3, -0.25) is 9.00 Å². The van der Waals surface area contributed by atoms with Crippen molar-refractivity contribution in [1.29, 1.82) is 0 Å². The van der Waals surface area contributed by atoms with E-state index in [-0.39, 0.29) is 17.1 Å². The number of hydrogen-bond donors (Lipinski definition) is 1. The second-order valence-corrected chi connectivity index (χ2v) is 6.12. The van der Waals surface area contributed by atoms with E-state index in [1.54, 1.807) is 12.1 Å². The van der Waals surface area contributed by atoms with Gasteiger partial charge in [-0.2, -0.15) is 0 Å². The highest BCUT2D eigenvalue weighted by Crippen LogP contribution is 2.08. The monoisotopic (exact) mass is 312 g/mol. The number of carboxylic acid groups (broad SMARTS) is 1. The van der Waals surface area contributed by atoms with Crippen LogP contribution in [-0.4, -0.2) is 33.6 Å². The lowest BCUT2D eigenvalue weighted by Crippen LogP contribution is -2.16. The molecule has 1 atom stereocenters. The summed E-state index contributed by atoms with van der Waals surface area (Å²) >= 11 is 0. The standard InChI is InChI=1S/C15H20O5S/c1-2-3-4-8-20-14(16)11-21(19)10-12-6-5-7-13(9-12)15(17)18/h5-7,9H,2-4,8,10-11H2,1H3,(H,17,18). The Hall–Kier alpha value is -1.69. The Morgan fingerprint density at radius 1 is 1.29 bits per heavy atom. The van der Waals surface area contributed by atoms with E-state index in [2.05, 4.69) is 6.92 Å². The summed E-state index contributed by atoms with van der Waals surface area (Å²) in [5.41, 5.74) is 0.777. The summed E-state index contributed by atoms with van der Waals surface area (Å²) in [5.74, 6) is -1.52. The Bertz CT molecular complexity index is 513. The third-order valence-electron chi connectivity index (χ3n) is 2.79. The van der Waals surface area contributed by atoms with Crippen molar-refractivity contribution in [3.05, 3.63) is 35.4 Å². The van der Waals surface area contributed by atoms with Crippen LogP contribution in [0.1, 0.15) is 42.1 Å². The van der Waals surface area contributed by atoms with E-state index < -0.39 is 22.7 Å². The molecular formula is C15H20O5S. The second kappa shape index (κ2) is 9.28. The predicted octanol–water partition coefficient (Wildman–Crippen LogP) is 2.37. The van der Waals surface area contributed by atoms with Gasteiger partial charge in [-0.1, -0.05) is 31.9 Å². The zero-order valence-corrected chi connectivity index (χ0v) is 12.9. The van der Waals surface area contributed by atoms with Crippen molar-refractivity contribution in [2.75, 3.05) is 12.4 Å². The molecule has 0 saturated heterocycles. The molecule has 0 aliphatic carbocycles. The molecule has 5 nitrogen and oxygen atoms in total. The van der Waals surface area contributed by atoms with Crippen molar-refractivity contribution >= 4 is 22.7 Å². The van der Waals surface area contributed by atoms with Crippen LogP contribution in [0.2, 0.25) is 0 Å². The van der Waals surface area contributed by atoms with Crippen LogP contribution in [0.15, 0.2) is 24.3 Å². The molecule has 0 heterocycles. The maximum atomic E-state index is 11.9. The molecule has 21 heavy (non-hydrogen) atoms. The fourth-order valence-electron chi connectivity index (χ4n) is 1.74. The van der Waals surface area contributed by atoms with Gasteiger partial charge in [0.2, 0.25) is 0 Å². The largest absolute Gasteiger partial charge is 0.478 e. The summed E-state index contributed by atoms with van der Waals surface area (Å²) < 4.78 is 16.8. The van der Waals surface area contributed by atoms with Crippen LogP contribution in [0.4, 0.5) is 0 Å². The molecule has 0 fully saturated rings. The smallest absolute Gasteiger partial charge is 0.335 e. The van der Waals surface area contributed by atoms with Crippen molar-refractivity contribution in [2.45, 2.75) is 31.9 Å². The summed E-state index contributed by atoms with van der Waals surface area (Å²) in [6.45, 7) is 2.42. The maximum Gasteiger partial charge on any atom is 0.335 e. The summed E-state index contributed by atoms with van der Waals surface area (Å²) in [6, 6.07) is 6.22. The highest BCUT2D eigenvalue weighted by Gasteiger charge is 2.11. The van der Waals surface area contributed by atoms with Gasteiger partial charge in [0.1, 0.15) is 5.75 Å². The van der Waals surface area contributed by atoms with Crippen LogP contribution >= 0.6 is 0 Å². The molecule has 1 N–H and O–H groups in total. The third-order valence-corrected chi connectivity index (χ3v) is 4.00. The first-order chi connectivity index (χ1) is 10.0. The van der Waals surface area contributed by atoms with Crippen LogP contribution in [0.3, 0.4) is 0 Å². The normalized spacial score (nSPS) is 11.9. The van der Waals surface area contributed by atoms with E-state index in [1.807, 2.05) is 0 Å². The molecule has 6 heteroatoms. The number of hydrogen-bond acceptors (Lipinski definition) is 4. The minimum atomic E-state index is -1.40. The van der Waals surface area contributed by atoms with Gasteiger partial charge in [0.05, 0.1) is 12.2 Å². The van der Waals surface area contributed by atoms with Gasteiger partial charge >= 0.3 is 11.9 Å². The molecule has 0 aliphatic heterocycles. The van der Waals surface area contributed by atoms with Crippen LogP contribution in [0, 0.1) is 0 Å².